The van der Waals surface area contributed by atoms with Crippen molar-refractivity contribution in [2.45, 2.75) is 39.0 Å². The standard InChI is InChI=1S/C19H23N5O/c1-13(2)16-17(22-19-20-12-21-24(19)18(16)25)14-7-6-8-15(11-14)23-9-4-3-5-10-23/h6-8,11-13H,3-5,9-10H2,1-2H3,(H,20,21,22). The summed E-state index contributed by atoms with van der Waals surface area (Å²) in [6, 6.07) is 8.44. The summed E-state index contributed by atoms with van der Waals surface area (Å²) in [6.45, 7) is 6.26. The van der Waals surface area contributed by atoms with Crippen LogP contribution in [-0.2, 0) is 0 Å². The summed E-state index contributed by atoms with van der Waals surface area (Å²) < 4.78 is 1.34. The normalized spacial score (nSPS) is 15.2. The number of anilines is 1. The molecule has 1 N–H and O–H groups in total. The molecule has 0 bridgehead atoms. The van der Waals surface area contributed by atoms with E-state index in [4.69, 9.17) is 0 Å². The first kappa shape index (κ1) is 15.9. The molecule has 0 unspecified atom stereocenters. The first-order valence-electron chi connectivity index (χ1n) is 8.96. The van der Waals surface area contributed by atoms with E-state index in [2.05, 4.69) is 44.2 Å². The molecule has 1 saturated heterocycles. The zero-order chi connectivity index (χ0) is 17.4. The van der Waals surface area contributed by atoms with Gasteiger partial charge in [0.25, 0.3) is 5.56 Å². The van der Waals surface area contributed by atoms with Crippen molar-refractivity contribution in [3.8, 4) is 11.3 Å². The smallest absolute Gasteiger partial charge is 0.279 e. The molecule has 0 atom stereocenters. The van der Waals surface area contributed by atoms with Crippen LogP contribution >= 0.6 is 0 Å². The van der Waals surface area contributed by atoms with Crippen molar-refractivity contribution < 1.29 is 0 Å². The molecular weight excluding hydrogens is 314 g/mol. The highest BCUT2D eigenvalue weighted by Gasteiger charge is 2.19. The summed E-state index contributed by atoms with van der Waals surface area (Å²) in [7, 11) is 0. The van der Waals surface area contributed by atoms with Crippen LogP contribution in [0, 0.1) is 0 Å². The maximum atomic E-state index is 12.8. The van der Waals surface area contributed by atoms with Crippen LogP contribution in [0.5, 0.6) is 0 Å². The third-order valence-corrected chi connectivity index (χ3v) is 4.91. The number of piperidine rings is 1. The van der Waals surface area contributed by atoms with Crippen LogP contribution < -0.4 is 10.5 Å². The number of nitrogens with zero attached hydrogens (tertiary/aromatic N) is 4. The molecule has 1 fully saturated rings. The fraction of sp³-hybridized carbons (Fsp3) is 0.421. The van der Waals surface area contributed by atoms with Gasteiger partial charge in [-0.1, -0.05) is 26.0 Å². The highest BCUT2D eigenvalue weighted by molar-refractivity contribution is 5.69. The number of aromatic nitrogens is 4. The van der Waals surface area contributed by atoms with Gasteiger partial charge in [-0.05, 0) is 37.3 Å². The second-order valence-corrected chi connectivity index (χ2v) is 6.97. The van der Waals surface area contributed by atoms with Gasteiger partial charge in [0.15, 0.2) is 0 Å². The number of fused-ring (bicyclic) bond motifs is 1. The van der Waals surface area contributed by atoms with E-state index in [1.165, 1.54) is 35.8 Å². The fourth-order valence-corrected chi connectivity index (χ4v) is 3.65. The average Bonchev–Trinajstić information content (AvgIpc) is 3.11. The van der Waals surface area contributed by atoms with Crippen molar-refractivity contribution >= 4 is 11.5 Å². The molecule has 0 spiro atoms. The van der Waals surface area contributed by atoms with E-state index < -0.39 is 0 Å². The summed E-state index contributed by atoms with van der Waals surface area (Å²) in [6.07, 6.45) is 5.20. The Bertz CT molecular complexity index is 950. The lowest BCUT2D eigenvalue weighted by Gasteiger charge is -2.29. The van der Waals surface area contributed by atoms with Crippen LogP contribution in [0.2, 0.25) is 0 Å². The van der Waals surface area contributed by atoms with Gasteiger partial charge >= 0.3 is 0 Å². The fourth-order valence-electron chi connectivity index (χ4n) is 3.65. The van der Waals surface area contributed by atoms with Gasteiger partial charge in [0.05, 0.1) is 5.69 Å². The molecule has 0 amide bonds. The molecule has 0 aliphatic carbocycles. The van der Waals surface area contributed by atoms with E-state index in [-0.39, 0.29) is 11.5 Å². The van der Waals surface area contributed by atoms with Crippen molar-refractivity contribution in [1.29, 1.82) is 0 Å². The molecule has 1 aliphatic heterocycles. The molecule has 1 aliphatic rings. The predicted octanol–water partition coefficient (Wildman–Crippen LogP) is 3.20. The summed E-state index contributed by atoms with van der Waals surface area (Å²) in [4.78, 5) is 22.7. The largest absolute Gasteiger partial charge is 0.372 e. The second kappa shape index (κ2) is 6.35. The van der Waals surface area contributed by atoms with E-state index in [0.717, 1.165) is 29.9 Å². The van der Waals surface area contributed by atoms with E-state index >= 15 is 0 Å². The number of aromatic amines is 1. The lowest BCUT2D eigenvalue weighted by molar-refractivity contribution is 0.578. The third kappa shape index (κ3) is 2.81. The Labute approximate surface area is 146 Å². The Kier molecular flexibility index (Phi) is 4.03. The zero-order valence-electron chi connectivity index (χ0n) is 14.7. The van der Waals surface area contributed by atoms with Crippen molar-refractivity contribution in [3.05, 3.63) is 46.5 Å². The lowest BCUT2D eigenvalue weighted by Crippen LogP contribution is -2.29. The Morgan fingerprint density at radius 1 is 1.16 bits per heavy atom. The van der Waals surface area contributed by atoms with Crippen LogP contribution in [0.25, 0.3) is 17.0 Å². The number of rotatable bonds is 3. The molecule has 0 saturated carbocycles. The summed E-state index contributed by atoms with van der Waals surface area (Å²) in [5.74, 6) is 0.568. The minimum Gasteiger partial charge on any atom is -0.372 e. The molecule has 1 aromatic carbocycles. The summed E-state index contributed by atoms with van der Waals surface area (Å²) in [5, 5.41) is 4.04. The molecule has 130 valence electrons. The van der Waals surface area contributed by atoms with Gasteiger partial charge < -0.3 is 9.88 Å². The molecule has 6 heteroatoms. The predicted molar refractivity (Wildman–Crippen MR) is 99.2 cm³/mol. The number of nitrogens with one attached hydrogen (secondary N) is 1. The minimum absolute atomic E-state index is 0.0889. The first-order valence-corrected chi connectivity index (χ1v) is 8.96. The van der Waals surface area contributed by atoms with E-state index in [1.54, 1.807) is 0 Å². The average molecular weight is 337 g/mol. The Morgan fingerprint density at radius 2 is 1.96 bits per heavy atom. The van der Waals surface area contributed by atoms with Gasteiger partial charge in [-0.25, -0.2) is 0 Å². The maximum absolute atomic E-state index is 12.8. The zero-order valence-corrected chi connectivity index (χ0v) is 14.7. The van der Waals surface area contributed by atoms with E-state index in [1.807, 2.05) is 13.8 Å². The first-order chi connectivity index (χ1) is 12.1. The SMILES string of the molecule is CC(C)c1c(-c2cccc(N3CCCCC3)c2)[nH]c2ncnn2c1=O. The second-order valence-electron chi connectivity index (χ2n) is 6.97. The number of hydrogen-bond acceptors (Lipinski definition) is 4. The molecule has 25 heavy (non-hydrogen) atoms. The van der Waals surface area contributed by atoms with Crippen molar-refractivity contribution in [2.24, 2.45) is 0 Å². The minimum atomic E-state index is -0.0976. The van der Waals surface area contributed by atoms with Gasteiger partial charge in [-0.15, -0.1) is 0 Å². The van der Waals surface area contributed by atoms with Crippen LogP contribution in [0.4, 0.5) is 5.69 Å². The number of H-pyrrole nitrogens is 1. The third-order valence-electron chi connectivity index (χ3n) is 4.91. The molecule has 3 heterocycles. The molecule has 2 aromatic heterocycles. The number of benzene rings is 1. The van der Waals surface area contributed by atoms with Gasteiger partial charge in [0, 0.05) is 29.9 Å². The Balaban J connectivity index is 1.86. The molecule has 4 rings (SSSR count). The van der Waals surface area contributed by atoms with Crippen LogP contribution in [0.1, 0.15) is 44.6 Å². The monoisotopic (exact) mass is 337 g/mol. The maximum Gasteiger partial charge on any atom is 0.279 e. The van der Waals surface area contributed by atoms with Crippen LogP contribution in [-0.4, -0.2) is 32.7 Å². The molecule has 3 aromatic rings. The lowest BCUT2D eigenvalue weighted by atomic mass is 9.97. The Morgan fingerprint density at radius 3 is 2.72 bits per heavy atom. The van der Waals surface area contributed by atoms with Gasteiger partial charge in [0.1, 0.15) is 6.33 Å². The van der Waals surface area contributed by atoms with Crippen molar-refractivity contribution in [1.82, 2.24) is 19.6 Å². The van der Waals surface area contributed by atoms with Gasteiger partial charge in [-0.3, -0.25) is 4.79 Å². The van der Waals surface area contributed by atoms with Crippen molar-refractivity contribution in [2.75, 3.05) is 18.0 Å². The highest BCUT2D eigenvalue weighted by Crippen LogP contribution is 2.29. The highest BCUT2D eigenvalue weighted by atomic mass is 16.1. The van der Waals surface area contributed by atoms with E-state index in [0.29, 0.717) is 5.78 Å². The molecule has 0 radical (unpaired) electrons. The molecular formula is C19H23N5O. The molecule has 6 nitrogen and oxygen atoms in total. The quantitative estimate of drug-likeness (QED) is 0.797. The number of hydrogen-bond donors (Lipinski definition) is 1. The van der Waals surface area contributed by atoms with Gasteiger partial charge in [-0.2, -0.15) is 14.6 Å². The van der Waals surface area contributed by atoms with Gasteiger partial charge in [0.2, 0.25) is 5.78 Å². The summed E-state index contributed by atoms with van der Waals surface area (Å²) >= 11 is 0. The topological polar surface area (TPSA) is 66.3 Å². The van der Waals surface area contributed by atoms with Crippen molar-refractivity contribution in [3.63, 3.8) is 0 Å². The summed E-state index contributed by atoms with van der Waals surface area (Å²) in [5.41, 5.74) is 3.73. The van der Waals surface area contributed by atoms with E-state index in [9.17, 15) is 4.79 Å². The van der Waals surface area contributed by atoms with Crippen LogP contribution in [0.15, 0.2) is 35.4 Å². The van der Waals surface area contributed by atoms with Crippen LogP contribution in [0.3, 0.4) is 0 Å². The Hall–Kier alpha value is -2.63.